The van der Waals surface area contributed by atoms with E-state index in [1.165, 1.54) is 94.6 Å². The van der Waals surface area contributed by atoms with Crippen molar-refractivity contribution in [3.8, 4) is 0 Å². The Labute approximate surface area is 157 Å². The van der Waals surface area contributed by atoms with Crippen LogP contribution < -0.4 is 0 Å². The van der Waals surface area contributed by atoms with Gasteiger partial charge in [-0.3, -0.25) is 4.79 Å². The second kappa shape index (κ2) is 14.3. The smallest absolute Gasteiger partial charge is 0.156 e. The minimum Gasteiger partial charge on any atom is -0.295 e. The molecular formula is C24H42O. The Morgan fingerprint density at radius 3 is 2.08 bits per heavy atom. The standard InChI is InChI=1S/C24H42O/c1-4-6-8-10-11-12-14-15-17-22-20-23(25)19-21(3)24(22)18-16-13-9-7-5-2/h18,20-21H,4-17,19H2,1-3H3/b24-18+. The molecule has 0 heterocycles. The number of hydrogen-bond acceptors (Lipinski definition) is 1. The molecule has 1 aliphatic rings. The van der Waals surface area contributed by atoms with E-state index >= 15 is 0 Å². The monoisotopic (exact) mass is 346 g/mol. The van der Waals surface area contributed by atoms with E-state index in [4.69, 9.17) is 0 Å². The van der Waals surface area contributed by atoms with Crippen molar-refractivity contribution >= 4 is 5.78 Å². The number of hydrogen-bond donors (Lipinski definition) is 0. The highest BCUT2D eigenvalue weighted by atomic mass is 16.1. The van der Waals surface area contributed by atoms with E-state index < -0.39 is 0 Å². The van der Waals surface area contributed by atoms with E-state index in [-0.39, 0.29) is 0 Å². The normalized spacial score (nSPS) is 19.5. The van der Waals surface area contributed by atoms with Crippen LogP contribution in [0.2, 0.25) is 0 Å². The van der Waals surface area contributed by atoms with Gasteiger partial charge >= 0.3 is 0 Å². The average Bonchev–Trinajstić information content (AvgIpc) is 2.58. The lowest BCUT2D eigenvalue weighted by atomic mass is 9.81. The highest BCUT2D eigenvalue weighted by Gasteiger charge is 2.21. The fraction of sp³-hybridized carbons (Fsp3) is 0.792. The third kappa shape index (κ3) is 10.0. The predicted octanol–water partition coefficient (Wildman–Crippen LogP) is 7.95. The van der Waals surface area contributed by atoms with Crippen LogP contribution in [0.3, 0.4) is 0 Å². The zero-order valence-corrected chi connectivity index (χ0v) is 17.2. The minimum atomic E-state index is 0.338. The molecule has 1 unspecified atom stereocenters. The summed E-state index contributed by atoms with van der Waals surface area (Å²) in [4.78, 5) is 12.0. The van der Waals surface area contributed by atoms with Gasteiger partial charge in [0.25, 0.3) is 0 Å². The van der Waals surface area contributed by atoms with Crippen LogP contribution in [0.25, 0.3) is 0 Å². The third-order valence-corrected chi connectivity index (χ3v) is 5.47. The molecule has 0 bridgehead atoms. The first-order valence-electron chi connectivity index (χ1n) is 11.1. The van der Waals surface area contributed by atoms with E-state index in [1.807, 2.05) is 6.08 Å². The van der Waals surface area contributed by atoms with E-state index in [0.717, 1.165) is 6.42 Å². The first-order valence-corrected chi connectivity index (χ1v) is 11.1. The molecule has 0 spiro atoms. The Morgan fingerprint density at radius 1 is 0.880 bits per heavy atom. The van der Waals surface area contributed by atoms with Crippen LogP contribution in [0.5, 0.6) is 0 Å². The lowest BCUT2D eigenvalue weighted by Gasteiger charge is -2.23. The molecule has 144 valence electrons. The van der Waals surface area contributed by atoms with Gasteiger partial charge in [-0.05, 0) is 48.8 Å². The first-order chi connectivity index (χ1) is 12.2. The molecule has 0 fully saturated rings. The Balaban J connectivity index is 2.36. The lowest BCUT2D eigenvalue weighted by molar-refractivity contribution is -0.115. The number of carbonyl (C=O) groups excluding carboxylic acids is 1. The van der Waals surface area contributed by atoms with Gasteiger partial charge in [0.15, 0.2) is 5.78 Å². The summed E-state index contributed by atoms with van der Waals surface area (Å²) in [6, 6.07) is 0. The van der Waals surface area contributed by atoms with E-state index in [1.54, 1.807) is 0 Å². The van der Waals surface area contributed by atoms with Crippen LogP contribution in [-0.4, -0.2) is 5.78 Å². The van der Waals surface area contributed by atoms with Crippen LogP contribution in [0.4, 0.5) is 0 Å². The maximum atomic E-state index is 12.0. The lowest BCUT2D eigenvalue weighted by Crippen LogP contribution is -2.15. The molecular weight excluding hydrogens is 304 g/mol. The molecule has 1 nitrogen and oxygen atoms in total. The van der Waals surface area contributed by atoms with Crippen LogP contribution >= 0.6 is 0 Å². The number of ketones is 1. The molecule has 0 N–H and O–H groups in total. The minimum absolute atomic E-state index is 0.338. The number of rotatable bonds is 14. The van der Waals surface area contributed by atoms with Gasteiger partial charge < -0.3 is 0 Å². The Bertz CT molecular complexity index is 416. The summed E-state index contributed by atoms with van der Waals surface area (Å²) < 4.78 is 0. The van der Waals surface area contributed by atoms with Gasteiger partial charge in [0.2, 0.25) is 0 Å². The van der Waals surface area contributed by atoms with Crippen molar-refractivity contribution in [3.05, 3.63) is 23.3 Å². The molecule has 0 saturated carbocycles. The van der Waals surface area contributed by atoms with Gasteiger partial charge in [0.1, 0.15) is 0 Å². The van der Waals surface area contributed by atoms with Crippen molar-refractivity contribution in [2.24, 2.45) is 5.92 Å². The van der Waals surface area contributed by atoms with E-state index in [0.29, 0.717) is 18.1 Å². The number of allylic oxidation sites excluding steroid dienone is 4. The molecule has 0 saturated heterocycles. The molecule has 1 heteroatoms. The molecule has 1 atom stereocenters. The highest BCUT2D eigenvalue weighted by Crippen LogP contribution is 2.32. The maximum Gasteiger partial charge on any atom is 0.156 e. The summed E-state index contributed by atoms with van der Waals surface area (Å²) in [5.41, 5.74) is 2.84. The molecule has 0 aromatic carbocycles. The van der Waals surface area contributed by atoms with Crippen molar-refractivity contribution in [2.45, 2.75) is 117 Å². The Morgan fingerprint density at radius 2 is 1.44 bits per heavy atom. The molecule has 0 aromatic rings. The largest absolute Gasteiger partial charge is 0.295 e. The highest BCUT2D eigenvalue weighted by molar-refractivity contribution is 5.93. The zero-order chi connectivity index (χ0) is 18.3. The van der Waals surface area contributed by atoms with Gasteiger partial charge in [-0.15, -0.1) is 0 Å². The van der Waals surface area contributed by atoms with Crippen molar-refractivity contribution in [1.82, 2.24) is 0 Å². The summed E-state index contributed by atoms with van der Waals surface area (Å²) in [7, 11) is 0. The van der Waals surface area contributed by atoms with Crippen LogP contribution in [0, 0.1) is 5.92 Å². The molecule has 25 heavy (non-hydrogen) atoms. The second-order valence-corrected chi connectivity index (χ2v) is 7.97. The predicted molar refractivity (Wildman–Crippen MR) is 111 cm³/mol. The first kappa shape index (κ1) is 22.2. The Hall–Kier alpha value is -0.850. The summed E-state index contributed by atoms with van der Waals surface area (Å²) in [6.07, 6.45) is 23.5. The van der Waals surface area contributed by atoms with Gasteiger partial charge in [-0.1, -0.05) is 91.1 Å². The summed E-state index contributed by atoms with van der Waals surface area (Å²) in [5.74, 6) is 0.762. The summed E-state index contributed by atoms with van der Waals surface area (Å²) >= 11 is 0. The fourth-order valence-corrected chi connectivity index (χ4v) is 3.89. The van der Waals surface area contributed by atoms with Crippen LogP contribution in [0.15, 0.2) is 23.3 Å². The molecule has 0 aromatic heterocycles. The fourth-order valence-electron chi connectivity index (χ4n) is 3.89. The van der Waals surface area contributed by atoms with Crippen molar-refractivity contribution in [2.75, 3.05) is 0 Å². The number of carbonyl (C=O) groups is 1. The number of unbranched alkanes of at least 4 members (excludes halogenated alkanes) is 11. The van der Waals surface area contributed by atoms with Crippen molar-refractivity contribution < 1.29 is 4.79 Å². The molecule has 0 aliphatic heterocycles. The average molecular weight is 347 g/mol. The zero-order valence-electron chi connectivity index (χ0n) is 17.2. The molecule has 0 amide bonds. The molecule has 0 radical (unpaired) electrons. The maximum absolute atomic E-state index is 12.0. The summed E-state index contributed by atoms with van der Waals surface area (Å²) in [5, 5.41) is 0. The molecule has 1 rings (SSSR count). The van der Waals surface area contributed by atoms with Crippen molar-refractivity contribution in [1.29, 1.82) is 0 Å². The van der Waals surface area contributed by atoms with Crippen LogP contribution in [-0.2, 0) is 4.79 Å². The second-order valence-electron chi connectivity index (χ2n) is 7.97. The third-order valence-electron chi connectivity index (χ3n) is 5.47. The van der Waals surface area contributed by atoms with Crippen molar-refractivity contribution in [3.63, 3.8) is 0 Å². The van der Waals surface area contributed by atoms with Gasteiger partial charge in [-0.2, -0.15) is 0 Å². The quantitative estimate of drug-likeness (QED) is 0.292. The van der Waals surface area contributed by atoms with Crippen LogP contribution in [0.1, 0.15) is 117 Å². The Kier molecular flexibility index (Phi) is 12.7. The van der Waals surface area contributed by atoms with Gasteiger partial charge in [-0.25, -0.2) is 0 Å². The van der Waals surface area contributed by atoms with Gasteiger partial charge in [0.05, 0.1) is 0 Å². The molecule has 1 aliphatic carbocycles. The topological polar surface area (TPSA) is 17.1 Å². The summed E-state index contributed by atoms with van der Waals surface area (Å²) in [6.45, 7) is 6.77. The SMILES string of the molecule is CCCCCC/C=C1/C(CCCCCCCCCC)=CC(=O)CC1C. The van der Waals surface area contributed by atoms with E-state index in [9.17, 15) is 4.79 Å². The van der Waals surface area contributed by atoms with E-state index in [2.05, 4.69) is 26.8 Å². The van der Waals surface area contributed by atoms with Gasteiger partial charge in [0, 0.05) is 6.42 Å².